The summed E-state index contributed by atoms with van der Waals surface area (Å²) in [5.41, 5.74) is 4.79. The minimum Gasteiger partial charge on any atom is -0.425 e. The maximum atomic E-state index is 12.0. The Morgan fingerprint density at radius 3 is 2.03 bits per heavy atom. The van der Waals surface area contributed by atoms with Crippen LogP contribution in [0.15, 0.2) is 77.3 Å². The topological polar surface area (TPSA) is 52.1 Å². The summed E-state index contributed by atoms with van der Waals surface area (Å²) in [5, 5.41) is 1.73. The van der Waals surface area contributed by atoms with E-state index in [1.54, 1.807) is 0 Å². The molecule has 0 aliphatic carbocycles. The molecule has 0 spiro atoms. The third-order valence-corrected chi connectivity index (χ3v) is 5.37. The van der Waals surface area contributed by atoms with Gasteiger partial charge in [-0.2, -0.15) is 0 Å². The molecule has 5 aromatic rings. The van der Waals surface area contributed by atoms with Crippen LogP contribution in [-0.4, -0.2) is 15.9 Å². The SMILES string of the molecule is CC(=O)Oc1c(-c2ccc(Br)cc2)c2nc3ccccc3nc2c2ccccc12. The van der Waals surface area contributed by atoms with Crippen LogP contribution in [-0.2, 0) is 4.79 Å². The molecular weight excluding hydrogens is 428 g/mol. The fourth-order valence-corrected chi connectivity index (χ4v) is 3.89. The van der Waals surface area contributed by atoms with E-state index in [0.29, 0.717) is 11.3 Å². The van der Waals surface area contributed by atoms with Crippen molar-refractivity contribution in [1.29, 1.82) is 0 Å². The molecule has 0 saturated heterocycles. The first-order chi connectivity index (χ1) is 14.1. The molecule has 29 heavy (non-hydrogen) atoms. The number of benzene rings is 4. The minimum atomic E-state index is -0.374. The second-order valence-electron chi connectivity index (χ2n) is 6.76. The number of rotatable bonds is 2. The summed E-state index contributed by atoms with van der Waals surface area (Å²) in [5.74, 6) is 0.133. The first kappa shape index (κ1) is 17.8. The Bertz CT molecular complexity index is 1410. The fourth-order valence-electron chi connectivity index (χ4n) is 3.63. The van der Waals surface area contributed by atoms with Crippen molar-refractivity contribution in [3.63, 3.8) is 0 Å². The van der Waals surface area contributed by atoms with Crippen LogP contribution in [0.4, 0.5) is 0 Å². The number of carbonyl (C=O) groups excluding carboxylic acids is 1. The van der Waals surface area contributed by atoms with E-state index >= 15 is 0 Å². The maximum Gasteiger partial charge on any atom is 0.308 e. The van der Waals surface area contributed by atoms with E-state index in [1.165, 1.54) is 6.92 Å². The number of para-hydroxylation sites is 2. The molecule has 0 amide bonds. The van der Waals surface area contributed by atoms with Crippen molar-refractivity contribution in [2.75, 3.05) is 0 Å². The van der Waals surface area contributed by atoms with Crippen molar-refractivity contribution in [1.82, 2.24) is 9.97 Å². The summed E-state index contributed by atoms with van der Waals surface area (Å²) >= 11 is 3.49. The summed E-state index contributed by atoms with van der Waals surface area (Å²) in [7, 11) is 0. The van der Waals surface area contributed by atoms with E-state index in [1.807, 2.05) is 72.8 Å². The Morgan fingerprint density at radius 1 is 0.793 bits per heavy atom. The number of esters is 1. The number of ether oxygens (including phenoxy) is 1. The highest BCUT2D eigenvalue weighted by Crippen LogP contribution is 2.43. The van der Waals surface area contributed by atoms with Crippen molar-refractivity contribution < 1.29 is 9.53 Å². The van der Waals surface area contributed by atoms with Gasteiger partial charge in [0, 0.05) is 22.2 Å². The highest BCUT2D eigenvalue weighted by Gasteiger charge is 2.21. The standard InChI is InChI=1S/C24H15BrN2O2/c1-14(28)29-24-18-7-3-2-6-17(18)22-23(21(24)15-10-12-16(25)13-11-15)27-20-9-5-4-8-19(20)26-22/h2-13H,1H3. The molecule has 0 N–H and O–H groups in total. The molecule has 0 aliphatic rings. The lowest BCUT2D eigenvalue weighted by molar-refractivity contribution is -0.131. The summed E-state index contributed by atoms with van der Waals surface area (Å²) < 4.78 is 6.71. The summed E-state index contributed by atoms with van der Waals surface area (Å²) in [4.78, 5) is 21.8. The third-order valence-electron chi connectivity index (χ3n) is 4.84. The number of carbonyl (C=O) groups is 1. The predicted molar refractivity (Wildman–Crippen MR) is 119 cm³/mol. The zero-order valence-electron chi connectivity index (χ0n) is 15.5. The van der Waals surface area contributed by atoms with E-state index in [-0.39, 0.29) is 5.97 Å². The molecular formula is C24H15BrN2O2. The molecule has 0 unspecified atom stereocenters. The molecule has 0 atom stereocenters. The molecule has 4 nitrogen and oxygen atoms in total. The number of fused-ring (bicyclic) bond motifs is 4. The smallest absolute Gasteiger partial charge is 0.308 e. The zero-order chi connectivity index (χ0) is 20.0. The van der Waals surface area contributed by atoms with E-state index in [0.717, 1.165) is 42.9 Å². The Hall–Kier alpha value is -3.31. The quantitative estimate of drug-likeness (QED) is 0.139. The Morgan fingerprint density at radius 2 is 1.38 bits per heavy atom. The number of nitrogens with zero attached hydrogens (tertiary/aromatic N) is 2. The lowest BCUT2D eigenvalue weighted by Crippen LogP contribution is -2.05. The van der Waals surface area contributed by atoms with Crippen LogP contribution in [0.1, 0.15) is 6.92 Å². The second kappa shape index (κ2) is 6.94. The first-order valence-corrected chi connectivity index (χ1v) is 9.96. The van der Waals surface area contributed by atoms with Gasteiger partial charge in [0.2, 0.25) is 0 Å². The predicted octanol–water partition coefficient (Wildman–Crippen LogP) is 6.29. The summed E-state index contributed by atoms with van der Waals surface area (Å²) in [6, 6.07) is 23.5. The molecule has 5 heteroatoms. The van der Waals surface area contributed by atoms with Gasteiger partial charge in [0.1, 0.15) is 11.3 Å². The lowest BCUT2D eigenvalue weighted by Gasteiger charge is -2.16. The van der Waals surface area contributed by atoms with Crippen LogP contribution < -0.4 is 4.74 Å². The van der Waals surface area contributed by atoms with E-state index in [2.05, 4.69) is 15.9 Å². The Balaban J connectivity index is 2.02. The maximum absolute atomic E-state index is 12.0. The largest absolute Gasteiger partial charge is 0.425 e. The summed E-state index contributed by atoms with van der Waals surface area (Å²) in [6.45, 7) is 1.41. The van der Waals surface area contributed by atoms with Gasteiger partial charge in [-0.05, 0) is 29.8 Å². The van der Waals surface area contributed by atoms with Crippen molar-refractivity contribution >= 4 is 54.7 Å². The molecule has 0 radical (unpaired) electrons. The molecule has 0 saturated carbocycles. The average molecular weight is 443 g/mol. The molecule has 1 heterocycles. The monoisotopic (exact) mass is 442 g/mol. The van der Waals surface area contributed by atoms with Gasteiger partial charge < -0.3 is 4.74 Å². The number of aromatic nitrogens is 2. The highest BCUT2D eigenvalue weighted by atomic mass is 79.9. The van der Waals surface area contributed by atoms with Gasteiger partial charge in [-0.1, -0.05) is 64.5 Å². The van der Waals surface area contributed by atoms with Crippen molar-refractivity contribution in [2.45, 2.75) is 6.92 Å². The van der Waals surface area contributed by atoms with E-state index in [4.69, 9.17) is 14.7 Å². The van der Waals surface area contributed by atoms with Crippen molar-refractivity contribution in [3.8, 4) is 16.9 Å². The number of hydrogen-bond donors (Lipinski definition) is 0. The van der Waals surface area contributed by atoms with E-state index < -0.39 is 0 Å². The molecule has 0 fully saturated rings. The average Bonchev–Trinajstić information content (AvgIpc) is 2.73. The van der Waals surface area contributed by atoms with Gasteiger partial charge in [-0.3, -0.25) is 4.79 Å². The Labute approximate surface area is 175 Å². The fraction of sp³-hybridized carbons (Fsp3) is 0.0417. The van der Waals surface area contributed by atoms with Crippen LogP contribution in [0.25, 0.3) is 44.0 Å². The van der Waals surface area contributed by atoms with Crippen molar-refractivity contribution in [3.05, 3.63) is 77.3 Å². The van der Waals surface area contributed by atoms with Crippen LogP contribution in [0, 0.1) is 0 Å². The number of halogens is 1. The zero-order valence-corrected chi connectivity index (χ0v) is 17.1. The molecule has 0 aliphatic heterocycles. The highest BCUT2D eigenvalue weighted by molar-refractivity contribution is 9.10. The molecule has 0 bridgehead atoms. The third kappa shape index (κ3) is 3.04. The van der Waals surface area contributed by atoms with Gasteiger partial charge >= 0.3 is 5.97 Å². The normalized spacial score (nSPS) is 11.2. The molecule has 4 aromatic carbocycles. The summed E-state index contributed by atoms with van der Waals surface area (Å²) in [6.07, 6.45) is 0. The minimum absolute atomic E-state index is 0.374. The van der Waals surface area contributed by atoms with Gasteiger partial charge in [-0.25, -0.2) is 9.97 Å². The first-order valence-electron chi connectivity index (χ1n) is 9.17. The molecule has 5 rings (SSSR count). The van der Waals surface area contributed by atoms with Crippen molar-refractivity contribution in [2.24, 2.45) is 0 Å². The lowest BCUT2D eigenvalue weighted by atomic mass is 9.96. The van der Waals surface area contributed by atoms with Crippen LogP contribution >= 0.6 is 15.9 Å². The van der Waals surface area contributed by atoms with Gasteiger partial charge in [-0.15, -0.1) is 0 Å². The van der Waals surface area contributed by atoms with Gasteiger partial charge in [0.25, 0.3) is 0 Å². The van der Waals surface area contributed by atoms with Gasteiger partial charge in [0.05, 0.1) is 22.1 Å². The van der Waals surface area contributed by atoms with Gasteiger partial charge in [0.15, 0.2) is 0 Å². The van der Waals surface area contributed by atoms with Crippen LogP contribution in [0.2, 0.25) is 0 Å². The Kier molecular flexibility index (Phi) is 4.25. The molecule has 140 valence electrons. The molecule has 1 aromatic heterocycles. The van der Waals surface area contributed by atoms with E-state index in [9.17, 15) is 4.79 Å². The number of hydrogen-bond acceptors (Lipinski definition) is 4. The second-order valence-corrected chi connectivity index (χ2v) is 7.68. The van der Waals surface area contributed by atoms with Crippen LogP contribution in [0.5, 0.6) is 5.75 Å². The van der Waals surface area contributed by atoms with Crippen LogP contribution in [0.3, 0.4) is 0 Å².